The molecule has 1 aliphatic rings. The molecule has 2 rings (SSSR count). The van der Waals surface area contributed by atoms with E-state index < -0.39 is 0 Å². The van der Waals surface area contributed by atoms with Gasteiger partial charge in [0, 0.05) is 16.6 Å². The number of nitrogens with zero attached hydrogens (tertiary/aromatic N) is 1. The molecule has 0 aromatic heterocycles. The first-order valence-corrected chi connectivity index (χ1v) is 9.15. The topological polar surface area (TPSA) is 38.8 Å². The van der Waals surface area contributed by atoms with Crippen LogP contribution in [-0.4, -0.2) is 43.7 Å². The van der Waals surface area contributed by atoms with E-state index in [1.165, 1.54) is 0 Å². The summed E-state index contributed by atoms with van der Waals surface area (Å²) in [6.07, 6.45) is 3.35. The molecule has 5 heteroatoms. The third-order valence-corrected chi connectivity index (χ3v) is 5.12. The fraction of sp³-hybridized carbons (Fsp3) is 0.611. The van der Waals surface area contributed by atoms with Gasteiger partial charge in [0.15, 0.2) is 0 Å². The number of ether oxygens (including phenoxy) is 2. The average Bonchev–Trinajstić information content (AvgIpc) is 2.95. The van der Waals surface area contributed by atoms with E-state index >= 15 is 0 Å². The molecule has 0 spiro atoms. The van der Waals surface area contributed by atoms with Crippen molar-refractivity contribution >= 4 is 21.9 Å². The van der Waals surface area contributed by atoms with E-state index in [1.54, 1.807) is 0 Å². The predicted octanol–water partition coefficient (Wildman–Crippen LogP) is 3.80. The highest BCUT2D eigenvalue weighted by molar-refractivity contribution is 9.10. The Labute approximate surface area is 147 Å². The molecule has 1 aromatic carbocycles. The van der Waals surface area contributed by atoms with Crippen molar-refractivity contribution in [3.8, 4) is 5.75 Å². The highest BCUT2D eigenvalue weighted by Gasteiger charge is 2.24. The maximum Gasteiger partial charge on any atom is 0.320 e. The lowest BCUT2D eigenvalue weighted by Crippen LogP contribution is -2.29. The van der Waals surface area contributed by atoms with Gasteiger partial charge in [-0.1, -0.05) is 22.0 Å². The Bertz CT molecular complexity index is 521. The number of carbonyl (C=O) groups is 1. The summed E-state index contributed by atoms with van der Waals surface area (Å²) in [4.78, 5) is 13.7. The number of halogens is 1. The number of benzene rings is 1. The largest absolute Gasteiger partial charge is 0.493 e. The molecule has 0 N–H and O–H groups in total. The first kappa shape index (κ1) is 18.3. The highest BCUT2D eigenvalue weighted by Crippen LogP contribution is 2.26. The summed E-state index contributed by atoms with van der Waals surface area (Å²) >= 11 is 3.52. The summed E-state index contributed by atoms with van der Waals surface area (Å²) < 4.78 is 12.0. The van der Waals surface area contributed by atoms with Gasteiger partial charge >= 0.3 is 5.97 Å². The molecule has 4 nitrogen and oxygen atoms in total. The zero-order chi connectivity index (χ0) is 16.7. The molecule has 23 heavy (non-hydrogen) atoms. The van der Waals surface area contributed by atoms with Crippen LogP contribution in [0.4, 0.5) is 0 Å². The second-order valence-electron chi connectivity index (χ2n) is 6.05. The van der Waals surface area contributed by atoms with Crippen LogP contribution in [0.15, 0.2) is 22.7 Å². The van der Waals surface area contributed by atoms with E-state index in [-0.39, 0.29) is 5.97 Å². The monoisotopic (exact) mass is 383 g/mol. The molecule has 1 aromatic rings. The van der Waals surface area contributed by atoms with Crippen molar-refractivity contribution in [2.45, 2.75) is 33.1 Å². The molecule has 0 unspecified atom stereocenters. The van der Waals surface area contributed by atoms with Crippen LogP contribution in [0, 0.1) is 12.8 Å². The lowest BCUT2D eigenvalue weighted by atomic mass is 10.0. The number of esters is 1. The highest BCUT2D eigenvalue weighted by atomic mass is 79.9. The van der Waals surface area contributed by atoms with Crippen molar-refractivity contribution in [2.24, 2.45) is 5.92 Å². The van der Waals surface area contributed by atoms with Gasteiger partial charge in [-0.25, -0.2) is 0 Å². The van der Waals surface area contributed by atoms with Crippen LogP contribution in [0.5, 0.6) is 5.75 Å². The van der Waals surface area contributed by atoms with Gasteiger partial charge in [0.1, 0.15) is 5.75 Å². The first-order chi connectivity index (χ1) is 11.1. The van der Waals surface area contributed by atoms with Crippen molar-refractivity contribution in [3.63, 3.8) is 0 Å². The smallest absolute Gasteiger partial charge is 0.320 e. The quantitative estimate of drug-likeness (QED) is 0.505. The molecule has 1 fully saturated rings. The van der Waals surface area contributed by atoms with E-state index in [0.29, 0.717) is 19.1 Å². The third kappa shape index (κ3) is 5.81. The Balaban J connectivity index is 1.64. The normalized spacial score (nSPS) is 18.1. The maximum atomic E-state index is 11.5. The summed E-state index contributed by atoms with van der Waals surface area (Å²) in [5.74, 6) is 1.51. The van der Waals surface area contributed by atoms with Gasteiger partial charge in [0.05, 0.1) is 19.8 Å². The average molecular weight is 384 g/mol. The van der Waals surface area contributed by atoms with Gasteiger partial charge in [-0.3, -0.25) is 9.69 Å². The van der Waals surface area contributed by atoms with Crippen molar-refractivity contribution in [3.05, 3.63) is 28.2 Å². The van der Waals surface area contributed by atoms with Gasteiger partial charge < -0.3 is 9.47 Å². The van der Waals surface area contributed by atoms with Crippen LogP contribution < -0.4 is 4.74 Å². The first-order valence-electron chi connectivity index (χ1n) is 8.36. The van der Waals surface area contributed by atoms with Crippen LogP contribution in [0.3, 0.4) is 0 Å². The summed E-state index contributed by atoms with van der Waals surface area (Å²) in [5.41, 5.74) is 1.15. The van der Waals surface area contributed by atoms with E-state index in [2.05, 4.69) is 27.8 Å². The van der Waals surface area contributed by atoms with Crippen molar-refractivity contribution in [1.82, 2.24) is 4.90 Å². The second-order valence-corrected chi connectivity index (χ2v) is 6.90. The van der Waals surface area contributed by atoms with Crippen molar-refractivity contribution in [2.75, 3.05) is 32.8 Å². The second kappa shape index (κ2) is 9.28. The molecular formula is C18H26BrNO3. The molecular weight excluding hydrogens is 358 g/mol. The Morgan fingerprint density at radius 1 is 1.43 bits per heavy atom. The van der Waals surface area contributed by atoms with Crippen LogP contribution in [0.2, 0.25) is 0 Å². The number of carbonyl (C=O) groups excluding carboxylic acids is 1. The zero-order valence-electron chi connectivity index (χ0n) is 14.0. The van der Waals surface area contributed by atoms with Crippen LogP contribution in [0.1, 0.15) is 31.7 Å². The number of rotatable bonds is 8. The predicted molar refractivity (Wildman–Crippen MR) is 94.8 cm³/mol. The SMILES string of the molecule is CCOC(=O)CN1CC[C@H](CCCOc2cccc(Br)c2C)C1. The number of hydrogen-bond acceptors (Lipinski definition) is 4. The van der Waals surface area contributed by atoms with E-state index in [1.807, 2.05) is 25.1 Å². The molecule has 0 aliphatic carbocycles. The van der Waals surface area contributed by atoms with E-state index in [0.717, 1.165) is 54.7 Å². The molecule has 0 saturated carbocycles. The zero-order valence-corrected chi connectivity index (χ0v) is 15.6. The number of likely N-dealkylation sites (tertiary alicyclic amines) is 1. The minimum atomic E-state index is -0.110. The summed E-state index contributed by atoms with van der Waals surface area (Å²) in [5, 5.41) is 0. The summed E-state index contributed by atoms with van der Waals surface area (Å²) in [6.45, 7) is 7.53. The molecule has 1 atom stereocenters. The Kier molecular flexibility index (Phi) is 7.37. The molecule has 1 aliphatic heterocycles. The Morgan fingerprint density at radius 2 is 2.26 bits per heavy atom. The molecule has 1 saturated heterocycles. The van der Waals surface area contributed by atoms with E-state index in [9.17, 15) is 4.79 Å². The lowest BCUT2D eigenvalue weighted by Gasteiger charge is -2.15. The fourth-order valence-corrected chi connectivity index (χ4v) is 3.33. The van der Waals surface area contributed by atoms with Crippen LogP contribution in [-0.2, 0) is 9.53 Å². The Hall–Kier alpha value is -1.07. The van der Waals surface area contributed by atoms with Crippen LogP contribution in [0.25, 0.3) is 0 Å². The molecule has 1 heterocycles. The van der Waals surface area contributed by atoms with Gasteiger partial charge in [0.2, 0.25) is 0 Å². The Morgan fingerprint density at radius 3 is 3.04 bits per heavy atom. The standard InChI is InChI=1S/C18H26BrNO3/c1-3-22-18(21)13-20-10-9-15(12-20)6-5-11-23-17-8-4-7-16(19)14(17)2/h4,7-8,15H,3,5-6,9-13H2,1-2H3/t15-/m0/s1. The lowest BCUT2D eigenvalue weighted by molar-refractivity contribution is -0.144. The van der Waals surface area contributed by atoms with Gasteiger partial charge in [-0.15, -0.1) is 0 Å². The molecule has 0 amide bonds. The minimum absolute atomic E-state index is 0.110. The summed E-state index contributed by atoms with van der Waals surface area (Å²) in [6, 6.07) is 6.03. The van der Waals surface area contributed by atoms with Crippen molar-refractivity contribution < 1.29 is 14.3 Å². The van der Waals surface area contributed by atoms with Gasteiger partial charge in [-0.05, 0) is 57.7 Å². The molecule has 128 valence electrons. The van der Waals surface area contributed by atoms with Crippen LogP contribution >= 0.6 is 15.9 Å². The summed E-state index contributed by atoms with van der Waals surface area (Å²) in [7, 11) is 0. The maximum absolute atomic E-state index is 11.5. The van der Waals surface area contributed by atoms with Crippen molar-refractivity contribution in [1.29, 1.82) is 0 Å². The minimum Gasteiger partial charge on any atom is -0.493 e. The molecule has 0 bridgehead atoms. The van der Waals surface area contributed by atoms with E-state index in [4.69, 9.17) is 9.47 Å². The molecule has 0 radical (unpaired) electrons. The van der Waals surface area contributed by atoms with Gasteiger partial charge in [0.25, 0.3) is 0 Å². The number of hydrogen-bond donors (Lipinski definition) is 0. The fourth-order valence-electron chi connectivity index (χ4n) is 2.98. The third-order valence-electron chi connectivity index (χ3n) is 4.26. The van der Waals surface area contributed by atoms with Gasteiger partial charge in [-0.2, -0.15) is 0 Å².